The van der Waals surface area contributed by atoms with Crippen LogP contribution < -0.4 is 10.6 Å². The summed E-state index contributed by atoms with van der Waals surface area (Å²) in [5, 5.41) is 6.88. The molecule has 0 saturated heterocycles. The normalized spacial score (nSPS) is 19.7. The Kier molecular flexibility index (Phi) is 6.58. The molecule has 156 valence electrons. The minimum Gasteiger partial charge on any atom is -0.382 e. The molecule has 1 amide bonds. The molecule has 4 nitrogen and oxygen atoms in total. The van der Waals surface area contributed by atoms with Crippen LogP contribution in [0.4, 0.5) is 18.9 Å². The summed E-state index contributed by atoms with van der Waals surface area (Å²) < 4.78 is 38.8. The lowest BCUT2D eigenvalue weighted by Crippen LogP contribution is -2.40. The van der Waals surface area contributed by atoms with Crippen LogP contribution in [-0.4, -0.2) is 23.0 Å². The zero-order valence-corrected chi connectivity index (χ0v) is 17.1. The third kappa shape index (κ3) is 5.76. The second-order valence-corrected chi connectivity index (χ2v) is 8.01. The molecule has 2 N–H and O–H groups in total. The minimum absolute atomic E-state index is 0.0165. The number of hydrogen-bond donors (Lipinski definition) is 2. The number of alkyl halides is 3. The van der Waals surface area contributed by atoms with Gasteiger partial charge in [0.15, 0.2) is 0 Å². The summed E-state index contributed by atoms with van der Waals surface area (Å²) in [5.74, 6) is -0.261. The predicted molar refractivity (Wildman–Crippen MR) is 108 cm³/mol. The van der Waals surface area contributed by atoms with Crippen molar-refractivity contribution < 1.29 is 18.0 Å². The van der Waals surface area contributed by atoms with Gasteiger partial charge in [-0.15, -0.1) is 0 Å². The minimum atomic E-state index is -4.48. The van der Waals surface area contributed by atoms with Crippen molar-refractivity contribution in [2.75, 3.05) is 5.32 Å². The van der Waals surface area contributed by atoms with E-state index in [-0.39, 0.29) is 18.0 Å². The molecule has 0 spiro atoms. The SMILES string of the molecule is Cc1cc(N[C@H]2CC[C@@H](NC(=O)c3ccc(Cl)cc3Cl)CC2)cc(C(F)(F)F)n1. The van der Waals surface area contributed by atoms with Crippen LogP contribution in [0.3, 0.4) is 0 Å². The predicted octanol–water partition coefficient (Wildman–Crippen LogP) is 5.87. The fourth-order valence-electron chi connectivity index (χ4n) is 3.45. The quantitative estimate of drug-likeness (QED) is 0.618. The third-order valence-corrected chi connectivity index (χ3v) is 5.40. The van der Waals surface area contributed by atoms with Gasteiger partial charge < -0.3 is 10.6 Å². The van der Waals surface area contributed by atoms with E-state index in [1.807, 2.05) is 0 Å². The Morgan fingerprint density at radius 1 is 1.07 bits per heavy atom. The number of halogens is 5. The number of amides is 1. The lowest BCUT2D eigenvalue weighted by molar-refractivity contribution is -0.141. The molecule has 0 bridgehead atoms. The summed E-state index contributed by atoms with van der Waals surface area (Å²) in [6.45, 7) is 1.54. The summed E-state index contributed by atoms with van der Waals surface area (Å²) in [7, 11) is 0. The van der Waals surface area contributed by atoms with E-state index in [0.717, 1.165) is 18.9 Å². The first kappa shape index (κ1) is 21.7. The van der Waals surface area contributed by atoms with E-state index in [2.05, 4.69) is 15.6 Å². The monoisotopic (exact) mass is 445 g/mol. The van der Waals surface area contributed by atoms with Crippen LogP contribution in [0.1, 0.15) is 47.4 Å². The van der Waals surface area contributed by atoms with Gasteiger partial charge in [0.2, 0.25) is 0 Å². The first-order valence-electron chi connectivity index (χ1n) is 9.20. The number of aryl methyl sites for hydroxylation is 1. The van der Waals surface area contributed by atoms with Gasteiger partial charge in [-0.3, -0.25) is 4.79 Å². The van der Waals surface area contributed by atoms with Crippen molar-refractivity contribution in [3.63, 3.8) is 0 Å². The van der Waals surface area contributed by atoms with Gasteiger partial charge in [-0.05, 0) is 62.9 Å². The van der Waals surface area contributed by atoms with Gasteiger partial charge in [-0.2, -0.15) is 13.2 Å². The van der Waals surface area contributed by atoms with Crippen LogP contribution >= 0.6 is 23.2 Å². The maximum absolute atomic E-state index is 12.9. The van der Waals surface area contributed by atoms with Gasteiger partial charge >= 0.3 is 6.18 Å². The van der Waals surface area contributed by atoms with Gasteiger partial charge in [-0.1, -0.05) is 23.2 Å². The van der Waals surface area contributed by atoms with Crippen LogP contribution in [-0.2, 0) is 6.18 Å². The summed E-state index contributed by atoms with van der Waals surface area (Å²) in [6, 6.07) is 7.36. The highest BCUT2D eigenvalue weighted by molar-refractivity contribution is 6.36. The molecule has 9 heteroatoms. The number of aromatic nitrogens is 1. The Bertz CT molecular complexity index is 897. The van der Waals surface area contributed by atoms with Crippen molar-refractivity contribution >= 4 is 34.8 Å². The molecule has 1 aliphatic rings. The molecule has 1 aromatic carbocycles. The molecular formula is C20H20Cl2F3N3O. The second kappa shape index (κ2) is 8.79. The topological polar surface area (TPSA) is 54.0 Å². The molecule has 1 aromatic heterocycles. The Morgan fingerprint density at radius 3 is 2.34 bits per heavy atom. The van der Waals surface area contributed by atoms with Gasteiger partial charge in [0.05, 0.1) is 10.6 Å². The van der Waals surface area contributed by atoms with Crippen LogP contribution in [0.5, 0.6) is 0 Å². The second-order valence-electron chi connectivity index (χ2n) is 7.17. The van der Waals surface area contributed by atoms with Gasteiger partial charge in [0.1, 0.15) is 5.69 Å². The maximum Gasteiger partial charge on any atom is 0.433 e. The molecule has 1 heterocycles. The van der Waals surface area contributed by atoms with Crippen LogP contribution in [0.15, 0.2) is 30.3 Å². The fraction of sp³-hybridized carbons (Fsp3) is 0.400. The lowest BCUT2D eigenvalue weighted by atomic mass is 9.90. The molecule has 1 saturated carbocycles. The highest BCUT2D eigenvalue weighted by atomic mass is 35.5. The first-order valence-corrected chi connectivity index (χ1v) is 9.96. The average molecular weight is 446 g/mol. The van der Waals surface area contributed by atoms with Gasteiger partial charge in [0.25, 0.3) is 5.91 Å². The largest absolute Gasteiger partial charge is 0.433 e. The lowest BCUT2D eigenvalue weighted by Gasteiger charge is -2.30. The number of pyridine rings is 1. The van der Waals surface area contributed by atoms with E-state index in [9.17, 15) is 18.0 Å². The number of rotatable bonds is 4. The van der Waals surface area contributed by atoms with E-state index >= 15 is 0 Å². The number of anilines is 1. The Morgan fingerprint density at radius 2 is 1.72 bits per heavy atom. The Labute approximate surface area is 176 Å². The fourth-order valence-corrected chi connectivity index (χ4v) is 3.95. The average Bonchev–Trinajstić information content (AvgIpc) is 2.62. The molecule has 2 aromatic rings. The van der Waals surface area contributed by atoms with Crippen molar-refractivity contribution in [2.45, 2.75) is 50.9 Å². The van der Waals surface area contributed by atoms with Crippen molar-refractivity contribution in [2.24, 2.45) is 0 Å². The molecule has 0 aliphatic heterocycles. The standard InChI is InChI=1S/C20H20Cl2F3N3O/c1-11-8-15(10-18(26-11)20(23,24)25)27-13-3-5-14(6-4-13)28-19(29)16-7-2-12(21)9-17(16)22/h2,7-10,13-14H,3-6H2,1H3,(H,26,27)(H,28,29)/t13-,14+. The van der Waals surface area contributed by atoms with E-state index < -0.39 is 11.9 Å². The summed E-state index contributed by atoms with van der Waals surface area (Å²) >= 11 is 11.9. The van der Waals surface area contributed by atoms with Crippen LogP contribution in [0.25, 0.3) is 0 Å². The molecule has 1 fully saturated rings. The molecule has 0 unspecified atom stereocenters. The van der Waals surface area contributed by atoms with Crippen molar-refractivity contribution in [1.82, 2.24) is 10.3 Å². The number of benzene rings is 1. The highest BCUT2D eigenvalue weighted by Crippen LogP contribution is 2.31. The van der Waals surface area contributed by atoms with E-state index in [1.54, 1.807) is 18.2 Å². The van der Waals surface area contributed by atoms with Gasteiger partial charge in [0, 0.05) is 28.5 Å². The Balaban J connectivity index is 1.56. The number of carbonyl (C=O) groups is 1. The maximum atomic E-state index is 12.9. The number of nitrogens with one attached hydrogen (secondary N) is 2. The summed E-state index contributed by atoms with van der Waals surface area (Å²) in [6.07, 6.45) is -1.60. The molecular weight excluding hydrogens is 426 g/mol. The molecule has 0 radical (unpaired) electrons. The number of carbonyl (C=O) groups excluding carboxylic acids is 1. The van der Waals surface area contributed by atoms with E-state index in [0.29, 0.717) is 39.8 Å². The van der Waals surface area contributed by atoms with Crippen molar-refractivity contribution in [1.29, 1.82) is 0 Å². The molecule has 3 rings (SSSR count). The van der Waals surface area contributed by atoms with Crippen molar-refractivity contribution in [3.8, 4) is 0 Å². The number of nitrogens with zero attached hydrogens (tertiary/aromatic N) is 1. The molecule has 1 aliphatic carbocycles. The zero-order chi connectivity index (χ0) is 21.2. The van der Waals surface area contributed by atoms with Crippen LogP contribution in [0, 0.1) is 6.92 Å². The molecule has 29 heavy (non-hydrogen) atoms. The number of hydrogen-bond acceptors (Lipinski definition) is 3. The first-order chi connectivity index (χ1) is 13.6. The smallest absolute Gasteiger partial charge is 0.382 e. The van der Waals surface area contributed by atoms with Crippen LogP contribution in [0.2, 0.25) is 10.0 Å². The van der Waals surface area contributed by atoms with Crippen molar-refractivity contribution in [3.05, 3.63) is 57.3 Å². The zero-order valence-electron chi connectivity index (χ0n) is 15.6. The highest BCUT2D eigenvalue weighted by Gasteiger charge is 2.33. The van der Waals surface area contributed by atoms with E-state index in [4.69, 9.17) is 23.2 Å². The third-order valence-electron chi connectivity index (χ3n) is 4.85. The molecule has 0 atom stereocenters. The van der Waals surface area contributed by atoms with Gasteiger partial charge in [-0.25, -0.2) is 4.98 Å². The summed E-state index contributed by atoms with van der Waals surface area (Å²) in [5.41, 5.74) is 0.178. The van der Waals surface area contributed by atoms with E-state index in [1.165, 1.54) is 13.0 Å². The Hall–Kier alpha value is -1.99. The summed E-state index contributed by atoms with van der Waals surface area (Å²) in [4.78, 5) is 16.0.